The number of piperidine rings is 1. The third-order valence-corrected chi connectivity index (χ3v) is 8.31. The van der Waals surface area contributed by atoms with E-state index in [0.29, 0.717) is 13.0 Å². The van der Waals surface area contributed by atoms with Crippen molar-refractivity contribution in [2.45, 2.75) is 105 Å². The summed E-state index contributed by atoms with van der Waals surface area (Å²) in [5.41, 5.74) is 4.04. The molecule has 3 fully saturated rings. The maximum Gasteiger partial charge on any atom is 0.315 e. The van der Waals surface area contributed by atoms with Gasteiger partial charge in [0.15, 0.2) is 0 Å². The molecule has 1 heterocycles. The second-order valence-corrected chi connectivity index (χ2v) is 13.9. The fourth-order valence-electron chi connectivity index (χ4n) is 5.86. The highest BCUT2D eigenvalue weighted by molar-refractivity contribution is 6.37. The van der Waals surface area contributed by atoms with Crippen LogP contribution in [0, 0.1) is 28.6 Å². The molecule has 0 spiro atoms. The fraction of sp³-hybridized carbons (Fsp3) is 0.815. The maximum atomic E-state index is 13.9. The molecular formula is C27H45N5O5. The molecule has 0 aromatic heterocycles. The Kier molecular flexibility index (Phi) is 7.74. The highest BCUT2D eigenvalue weighted by Gasteiger charge is 2.70. The van der Waals surface area contributed by atoms with Gasteiger partial charge in [-0.2, -0.15) is 0 Å². The van der Waals surface area contributed by atoms with Gasteiger partial charge in [-0.15, -0.1) is 0 Å². The standard InChI is InChI=1S/C27H45N5O5/c1-25(2,3)20(30-24(37)31-26(4,5)6)23(36)32-13-15-17(27(15,7)8)18(32)22(35)29-16(19(33)21(28)34)12-14-10-9-11-14/h14-18,20H,9-13H2,1-8H3,(H2,28,34)(H,29,35)(H2,30,31,37)/t15?,16?,17?,18?,20-/m1/s1. The summed E-state index contributed by atoms with van der Waals surface area (Å²) in [6.45, 7) is 15.7. The number of primary amides is 1. The van der Waals surface area contributed by atoms with Crippen molar-refractivity contribution < 1.29 is 24.0 Å². The van der Waals surface area contributed by atoms with Crippen LogP contribution >= 0.6 is 0 Å². The van der Waals surface area contributed by atoms with Gasteiger partial charge in [-0.3, -0.25) is 19.2 Å². The van der Waals surface area contributed by atoms with Crippen LogP contribution in [0.15, 0.2) is 0 Å². The van der Waals surface area contributed by atoms with Crippen molar-refractivity contribution in [2.75, 3.05) is 6.54 Å². The number of carbonyl (C=O) groups excluding carboxylic acids is 5. The first-order valence-electron chi connectivity index (χ1n) is 13.4. The Balaban J connectivity index is 1.83. The van der Waals surface area contributed by atoms with E-state index in [1.54, 1.807) is 4.90 Å². The van der Waals surface area contributed by atoms with Gasteiger partial charge in [-0.25, -0.2) is 4.79 Å². The normalized spacial score (nSPS) is 26.3. The summed E-state index contributed by atoms with van der Waals surface area (Å²) in [5.74, 6) is -2.35. The van der Waals surface area contributed by atoms with E-state index in [4.69, 9.17) is 5.73 Å². The highest BCUT2D eigenvalue weighted by Crippen LogP contribution is 2.65. The Hall–Kier alpha value is -2.65. The Bertz CT molecular complexity index is 959. The number of ketones is 1. The summed E-state index contributed by atoms with van der Waals surface area (Å²) in [6.07, 6.45) is 3.31. The van der Waals surface area contributed by atoms with E-state index < -0.39 is 52.7 Å². The third-order valence-electron chi connectivity index (χ3n) is 8.31. The van der Waals surface area contributed by atoms with Gasteiger partial charge < -0.3 is 26.6 Å². The molecule has 5 N–H and O–H groups in total. The zero-order valence-corrected chi connectivity index (χ0v) is 23.6. The first-order valence-corrected chi connectivity index (χ1v) is 13.4. The van der Waals surface area contributed by atoms with E-state index >= 15 is 0 Å². The second-order valence-electron chi connectivity index (χ2n) is 13.9. The first-order chi connectivity index (χ1) is 16.8. The first kappa shape index (κ1) is 28.9. The lowest BCUT2D eigenvalue weighted by Gasteiger charge is -2.38. The van der Waals surface area contributed by atoms with E-state index in [0.717, 1.165) is 19.3 Å². The molecule has 0 radical (unpaired) electrons. The molecular weight excluding hydrogens is 474 g/mol. The Morgan fingerprint density at radius 3 is 2.05 bits per heavy atom. The minimum atomic E-state index is -1.07. The van der Waals surface area contributed by atoms with Crippen LogP contribution in [0.4, 0.5) is 4.79 Å². The quantitative estimate of drug-likeness (QED) is 0.360. The minimum Gasteiger partial charge on any atom is -0.363 e. The fourth-order valence-corrected chi connectivity index (χ4v) is 5.86. The van der Waals surface area contributed by atoms with Gasteiger partial charge in [0.1, 0.15) is 12.1 Å². The lowest BCUT2D eigenvalue weighted by atomic mass is 9.80. The van der Waals surface area contributed by atoms with Crippen LogP contribution in [0.1, 0.15) is 81.1 Å². The Morgan fingerprint density at radius 1 is 1.00 bits per heavy atom. The van der Waals surface area contributed by atoms with Crippen molar-refractivity contribution in [3.63, 3.8) is 0 Å². The predicted octanol–water partition coefficient (Wildman–Crippen LogP) is 1.71. The Labute approximate surface area is 220 Å². The molecule has 37 heavy (non-hydrogen) atoms. The number of fused-ring (bicyclic) bond motifs is 1. The summed E-state index contributed by atoms with van der Waals surface area (Å²) < 4.78 is 0. The summed E-state index contributed by atoms with van der Waals surface area (Å²) in [7, 11) is 0. The number of nitrogens with zero attached hydrogens (tertiary/aromatic N) is 1. The van der Waals surface area contributed by atoms with Gasteiger partial charge in [-0.05, 0) is 55.8 Å². The average molecular weight is 520 g/mol. The van der Waals surface area contributed by atoms with Gasteiger partial charge in [0.2, 0.25) is 17.6 Å². The molecule has 5 amide bonds. The van der Waals surface area contributed by atoms with Crippen molar-refractivity contribution in [1.82, 2.24) is 20.9 Å². The summed E-state index contributed by atoms with van der Waals surface area (Å²) >= 11 is 0. The summed E-state index contributed by atoms with van der Waals surface area (Å²) in [5, 5.41) is 8.44. The topological polar surface area (TPSA) is 151 Å². The van der Waals surface area contributed by atoms with Crippen LogP contribution in [-0.2, 0) is 19.2 Å². The zero-order valence-electron chi connectivity index (χ0n) is 23.6. The van der Waals surface area contributed by atoms with E-state index in [1.807, 2.05) is 41.5 Å². The SMILES string of the molecule is CC(C)(C)NC(=O)N[C@H](C(=O)N1CC2C(C1C(=O)NC(CC1CCC1)C(=O)C(N)=O)C2(C)C)C(C)(C)C. The molecule has 2 aliphatic carbocycles. The van der Waals surface area contributed by atoms with Crippen LogP contribution in [0.25, 0.3) is 0 Å². The molecule has 1 aliphatic heterocycles. The largest absolute Gasteiger partial charge is 0.363 e. The molecule has 0 bridgehead atoms. The second kappa shape index (κ2) is 9.91. The van der Waals surface area contributed by atoms with Crippen molar-refractivity contribution in [1.29, 1.82) is 0 Å². The zero-order chi connectivity index (χ0) is 28.1. The van der Waals surface area contributed by atoms with Gasteiger partial charge in [-0.1, -0.05) is 53.9 Å². The molecule has 2 saturated carbocycles. The van der Waals surface area contributed by atoms with E-state index in [9.17, 15) is 24.0 Å². The van der Waals surface area contributed by atoms with E-state index in [-0.39, 0.29) is 29.1 Å². The van der Waals surface area contributed by atoms with Crippen molar-refractivity contribution in [3.8, 4) is 0 Å². The van der Waals surface area contributed by atoms with Crippen LogP contribution in [0.2, 0.25) is 0 Å². The molecule has 0 aromatic carbocycles. The molecule has 10 nitrogen and oxygen atoms in total. The summed E-state index contributed by atoms with van der Waals surface area (Å²) in [6, 6.07) is -3.13. The number of nitrogens with one attached hydrogen (secondary N) is 3. The van der Waals surface area contributed by atoms with Gasteiger partial charge >= 0.3 is 6.03 Å². The van der Waals surface area contributed by atoms with Crippen molar-refractivity contribution >= 4 is 29.5 Å². The van der Waals surface area contributed by atoms with Gasteiger partial charge in [0, 0.05) is 12.1 Å². The predicted molar refractivity (Wildman–Crippen MR) is 139 cm³/mol. The summed E-state index contributed by atoms with van der Waals surface area (Å²) in [4.78, 5) is 66.1. The maximum absolute atomic E-state index is 13.9. The molecule has 5 atom stereocenters. The number of amides is 5. The molecule has 4 unspecified atom stereocenters. The van der Waals surface area contributed by atoms with Gasteiger partial charge in [0.25, 0.3) is 5.91 Å². The average Bonchev–Trinajstić information content (AvgIpc) is 3.06. The number of hydrogen-bond donors (Lipinski definition) is 4. The highest BCUT2D eigenvalue weighted by atomic mass is 16.2. The molecule has 3 aliphatic rings. The molecule has 10 heteroatoms. The molecule has 3 rings (SSSR count). The van der Waals surface area contributed by atoms with Crippen LogP contribution < -0.4 is 21.7 Å². The van der Waals surface area contributed by atoms with Crippen LogP contribution in [0.5, 0.6) is 0 Å². The van der Waals surface area contributed by atoms with E-state index in [1.165, 1.54) is 0 Å². The Morgan fingerprint density at radius 2 is 1.59 bits per heavy atom. The number of Topliss-reactive ketones (excluding diaryl/α,β-unsaturated/α-hetero) is 1. The molecule has 1 saturated heterocycles. The van der Waals surface area contributed by atoms with Crippen molar-refractivity contribution in [3.05, 3.63) is 0 Å². The van der Waals surface area contributed by atoms with Crippen molar-refractivity contribution in [2.24, 2.45) is 34.3 Å². The number of nitrogens with two attached hydrogens (primary N) is 1. The molecule has 208 valence electrons. The number of rotatable bonds is 8. The van der Waals surface area contributed by atoms with Gasteiger partial charge in [0.05, 0.1) is 6.04 Å². The van der Waals surface area contributed by atoms with Crippen LogP contribution in [-0.4, -0.2) is 64.6 Å². The number of hydrogen-bond acceptors (Lipinski definition) is 5. The lowest BCUT2D eigenvalue weighted by molar-refractivity contribution is -0.145. The number of urea groups is 1. The monoisotopic (exact) mass is 519 g/mol. The number of likely N-dealkylation sites (tertiary alicyclic amines) is 1. The molecule has 0 aromatic rings. The van der Waals surface area contributed by atoms with E-state index in [2.05, 4.69) is 29.8 Å². The van der Waals surface area contributed by atoms with Crippen LogP contribution in [0.3, 0.4) is 0 Å². The minimum absolute atomic E-state index is 0.0755. The number of carbonyl (C=O) groups is 5. The smallest absolute Gasteiger partial charge is 0.315 e. The third kappa shape index (κ3) is 6.26. The lowest BCUT2D eigenvalue weighted by Crippen LogP contribution is -2.62.